The van der Waals surface area contributed by atoms with Crippen molar-refractivity contribution in [3.63, 3.8) is 0 Å². The lowest BCUT2D eigenvalue weighted by Gasteiger charge is -2.35. The molecular weight excluding hydrogens is 438 g/mol. The molecule has 2 unspecified atom stereocenters. The summed E-state index contributed by atoms with van der Waals surface area (Å²) in [4.78, 5) is 52.4. The van der Waals surface area contributed by atoms with Crippen molar-refractivity contribution in [1.29, 1.82) is 0 Å². The predicted molar refractivity (Wildman–Crippen MR) is 129 cm³/mol. The van der Waals surface area contributed by atoms with Crippen LogP contribution < -0.4 is 10.6 Å². The Morgan fingerprint density at radius 2 is 1.71 bits per heavy atom. The first-order chi connectivity index (χ1) is 15.7. The molecule has 2 atom stereocenters. The highest BCUT2D eigenvalue weighted by molar-refractivity contribution is 5.93. The van der Waals surface area contributed by atoms with Crippen LogP contribution >= 0.6 is 0 Å². The van der Waals surface area contributed by atoms with Gasteiger partial charge in [-0.1, -0.05) is 37.6 Å². The van der Waals surface area contributed by atoms with Crippen LogP contribution in [0, 0.1) is 19.8 Å². The first-order valence-electron chi connectivity index (χ1n) is 11.4. The molecule has 0 aliphatic carbocycles. The Morgan fingerprint density at radius 1 is 1.09 bits per heavy atom. The van der Waals surface area contributed by atoms with E-state index in [2.05, 4.69) is 15.4 Å². The summed E-state index contributed by atoms with van der Waals surface area (Å²) < 4.78 is 9.95. The third-order valence-electron chi connectivity index (χ3n) is 5.14. The molecular formula is C25H39N3O6. The van der Waals surface area contributed by atoms with Crippen LogP contribution in [0.4, 0.5) is 4.79 Å². The number of methoxy groups -OCH3 is 1. The molecule has 0 saturated heterocycles. The van der Waals surface area contributed by atoms with Crippen LogP contribution in [0.3, 0.4) is 0 Å². The topological polar surface area (TPSA) is 114 Å². The molecule has 9 heteroatoms. The zero-order valence-electron chi connectivity index (χ0n) is 21.8. The highest BCUT2D eigenvalue weighted by Gasteiger charge is 2.37. The van der Waals surface area contributed by atoms with Gasteiger partial charge in [0.15, 0.2) is 0 Å². The fourth-order valence-corrected chi connectivity index (χ4v) is 3.50. The van der Waals surface area contributed by atoms with E-state index in [4.69, 9.17) is 4.74 Å². The molecule has 0 aliphatic rings. The fraction of sp³-hybridized carbons (Fsp3) is 0.600. The Balaban J connectivity index is 3.39. The number of esters is 1. The Labute approximate surface area is 202 Å². The van der Waals surface area contributed by atoms with Gasteiger partial charge in [-0.15, -0.1) is 0 Å². The first-order valence-corrected chi connectivity index (χ1v) is 11.4. The van der Waals surface area contributed by atoms with Crippen molar-refractivity contribution >= 4 is 23.9 Å². The van der Waals surface area contributed by atoms with E-state index >= 15 is 0 Å². The maximum atomic E-state index is 13.7. The summed E-state index contributed by atoms with van der Waals surface area (Å²) in [5.74, 6) is -1.82. The first kappa shape index (κ1) is 28.9. The number of hydrogen-bond donors (Lipinski definition) is 2. The number of nitrogens with one attached hydrogen (secondary N) is 2. The molecule has 190 valence electrons. The summed E-state index contributed by atoms with van der Waals surface area (Å²) in [6.07, 6.45) is -0.714. The number of likely N-dealkylation sites (N-methyl/N-ethyl adjacent to an activating group) is 1. The number of carbonyl (C=O) groups excluding carboxylic acids is 4. The van der Waals surface area contributed by atoms with Crippen LogP contribution in [-0.2, 0) is 23.9 Å². The molecule has 0 heterocycles. The van der Waals surface area contributed by atoms with Crippen molar-refractivity contribution in [3.05, 3.63) is 34.9 Å². The van der Waals surface area contributed by atoms with E-state index in [1.165, 1.54) is 12.0 Å². The van der Waals surface area contributed by atoms with Crippen LogP contribution in [0.1, 0.15) is 64.3 Å². The molecule has 3 amide bonds. The molecule has 0 aliphatic heterocycles. The zero-order chi connectivity index (χ0) is 26.2. The highest BCUT2D eigenvalue weighted by atomic mass is 16.6. The highest BCUT2D eigenvalue weighted by Crippen LogP contribution is 2.27. The number of ether oxygens (including phenoxy) is 2. The lowest BCUT2D eigenvalue weighted by atomic mass is 9.95. The van der Waals surface area contributed by atoms with Gasteiger partial charge in [-0.2, -0.15) is 0 Å². The average Bonchev–Trinajstić information content (AvgIpc) is 2.72. The number of nitrogens with zero attached hydrogens (tertiary/aromatic N) is 1. The minimum Gasteiger partial charge on any atom is -0.468 e. The monoisotopic (exact) mass is 477 g/mol. The normalized spacial score (nSPS) is 13.0. The Kier molecular flexibility index (Phi) is 10.5. The van der Waals surface area contributed by atoms with E-state index in [9.17, 15) is 19.2 Å². The summed E-state index contributed by atoms with van der Waals surface area (Å²) >= 11 is 0. The molecule has 0 bridgehead atoms. The predicted octanol–water partition coefficient (Wildman–Crippen LogP) is 3.03. The second kappa shape index (κ2) is 12.4. The summed E-state index contributed by atoms with van der Waals surface area (Å²) in [7, 11) is 1.23. The van der Waals surface area contributed by atoms with E-state index in [0.717, 1.165) is 11.1 Å². The maximum Gasteiger partial charge on any atom is 0.408 e. The van der Waals surface area contributed by atoms with Gasteiger partial charge in [0, 0.05) is 6.54 Å². The molecule has 0 fully saturated rings. The molecule has 2 N–H and O–H groups in total. The number of carbonyl (C=O) groups is 4. The number of amides is 3. The van der Waals surface area contributed by atoms with Crippen LogP contribution in [0.15, 0.2) is 18.2 Å². The lowest BCUT2D eigenvalue weighted by Crippen LogP contribution is -2.55. The largest absolute Gasteiger partial charge is 0.468 e. The molecule has 1 aromatic rings. The van der Waals surface area contributed by atoms with Gasteiger partial charge in [0.25, 0.3) is 0 Å². The molecule has 0 aromatic heterocycles. The lowest BCUT2D eigenvalue weighted by molar-refractivity contribution is -0.145. The number of alkyl carbamates (subject to hydrolysis) is 1. The number of aryl methyl sites for hydroxylation is 2. The SMILES string of the molecule is CCN(C(=O)C(NC(=O)OC(C)(C)C)C(C)C)C(C(=O)NCC(=O)OC)c1ccc(C)cc1C. The zero-order valence-corrected chi connectivity index (χ0v) is 21.8. The van der Waals surface area contributed by atoms with Crippen molar-refractivity contribution in [3.8, 4) is 0 Å². The van der Waals surface area contributed by atoms with Gasteiger partial charge in [-0.05, 0) is 58.6 Å². The van der Waals surface area contributed by atoms with E-state index < -0.39 is 41.6 Å². The van der Waals surface area contributed by atoms with Gasteiger partial charge in [-0.25, -0.2) is 4.79 Å². The van der Waals surface area contributed by atoms with Gasteiger partial charge < -0.3 is 25.0 Å². The van der Waals surface area contributed by atoms with Crippen LogP contribution in [0.2, 0.25) is 0 Å². The third-order valence-corrected chi connectivity index (χ3v) is 5.14. The Bertz CT molecular complexity index is 891. The van der Waals surface area contributed by atoms with Crippen LogP contribution in [-0.4, -0.2) is 60.6 Å². The van der Waals surface area contributed by atoms with E-state index in [-0.39, 0.29) is 19.0 Å². The number of benzene rings is 1. The minimum atomic E-state index is -1.01. The molecule has 34 heavy (non-hydrogen) atoms. The van der Waals surface area contributed by atoms with Crippen molar-refractivity contribution in [2.45, 2.75) is 73.1 Å². The summed E-state index contributed by atoms with van der Waals surface area (Å²) in [6.45, 7) is 14.2. The summed E-state index contributed by atoms with van der Waals surface area (Å²) in [6, 6.07) is 3.66. The maximum absolute atomic E-state index is 13.7. The molecule has 9 nitrogen and oxygen atoms in total. The van der Waals surface area contributed by atoms with Crippen molar-refractivity contribution in [1.82, 2.24) is 15.5 Å². The number of hydrogen-bond acceptors (Lipinski definition) is 6. The smallest absolute Gasteiger partial charge is 0.408 e. The molecule has 0 radical (unpaired) electrons. The standard InChI is InChI=1S/C25H39N3O6/c1-10-28(23(31)20(15(2)3)27-24(32)34-25(6,7)8)21(22(30)26-14-19(29)33-9)18-12-11-16(4)13-17(18)5/h11-13,15,20-21H,10,14H2,1-9H3,(H,26,30)(H,27,32). The molecule has 0 spiro atoms. The molecule has 1 aromatic carbocycles. The van der Waals surface area contributed by atoms with E-state index in [1.54, 1.807) is 47.6 Å². The summed E-state index contributed by atoms with van der Waals surface area (Å²) in [5.41, 5.74) is 1.73. The van der Waals surface area contributed by atoms with Gasteiger partial charge in [0.2, 0.25) is 11.8 Å². The van der Waals surface area contributed by atoms with E-state index in [1.807, 2.05) is 26.0 Å². The van der Waals surface area contributed by atoms with Crippen molar-refractivity contribution in [2.24, 2.45) is 5.92 Å². The molecule has 1 rings (SSSR count). The van der Waals surface area contributed by atoms with Gasteiger partial charge in [-0.3, -0.25) is 14.4 Å². The van der Waals surface area contributed by atoms with Crippen molar-refractivity contribution < 1.29 is 28.7 Å². The van der Waals surface area contributed by atoms with Crippen molar-refractivity contribution in [2.75, 3.05) is 20.2 Å². The van der Waals surface area contributed by atoms with Gasteiger partial charge in [0.1, 0.15) is 24.2 Å². The third kappa shape index (κ3) is 8.35. The average molecular weight is 478 g/mol. The van der Waals surface area contributed by atoms with E-state index in [0.29, 0.717) is 5.56 Å². The quantitative estimate of drug-likeness (QED) is 0.529. The van der Waals surface area contributed by atoms with Gasteiger partial charge in [0.05, 0.1) is 7.11 Å². The Morgan fingerprint density at radius 3 is 2.18 bits per heavy atom. The van der Waals surface area contributed by atoms with Gasteiger partial charge >= 0.3 is 12.1 Å². The minimum absolute atomic E-state index is 0.196. The number of rotatable bonds is 9. The second-order valence-corrected chi connectivity index (χ2v) is 9.55. The van der Waals surface area contributed by atoms with Crippen LogP contribution in [0.25, 0.3) is 0 Å². The van der Waals surface area contributed by atoms with Crippen LogP contribution in [0.5, 0.6) is 0 Å². The Hall–Kier alpha value is -3.10. The molecule has 0 saturated carbocycles. The fourth-order valence-electron chi connectivity index (χ4n) is 3.50. The summed E-state index contributed by atoms with van der Waals surface area (Å²) in [5, 5.41) is 5.22. The second-order valence-electron chi connectivity index (χ2n) is 9.55.